The molecule has 1 aromatic heterocycles. The fraction of sp³-hybridized carbons (Fsp3) is 0.286. The van der Waals surface area contributed by atoms with Crippen molar-refractivity contribution in [1.29, 1.82) is 0 Å². The SMILES string of the molecule is CC1=NCCC(C)=C1c1cncc(N2CCc3cc(Cl)ccc3C2=O)c1. The molecule has 2 aliphatic heterocycles. The lowest BCUT2D eigenvalue weighted by Crippen LogP contribution is -2.37. The number of anilines is 1. The molecule has 0 atom stereocenters. The van der Waals surface area contributed by atoms with E-state index in [1.54, 1.807) is 17.2 Å². The molecule has 4 rings (SSSR count). The van der Waals surface area contributed by atoms with Crippen LogP contribution in [0.25, 0.3) is 5.57 Å². The number of benzene rings is 1. The monoisotopic (exact) mass is 365 g/mol. The number of hydrogen-bond acceptors (Lipinski definition) is 3. The van der Waals surface area contributed by atoms with Gasteiger partial charge < -0.3 is 4.90 Å². The molecule has 0 unspecified atom stereocenters. The molecule has 0 N–H and O–H groups in total. The normalized spacial score (nSPS) is 17.3. The zero-order chi connectivity index (χ0) is 18.3. The Kier molecular flexibility index (Phi) is 4.37. The van der Waals surface area contributed by atoms with E-state index in [0.717, 1.165) is 53.0 Å². The van der Waals surface area contributed by atoms with E-state index in [-0.39, 0.29) is 5.91 Å². The summed E-state index contributed by atoms with van der Waals surface area (Å²) >= 11 is 6.06. The van der Waals surface area contributed by atoms with Gasteiger partial charge in [-0.15, -0.1) is 0 Å². The lowest BCUT2D eigenvalue weighted by atomic mass is 9.93. The summed E-state index contributed by atoms with van der Waals surface area (Å²) in [6, 6.07) is 7.52. The number of dihydropyridines is 1. The Morgan fingerprint density at radius 2 is 1.96 bits per heavy atom. The van der Waals surface area contributed by atoms with Crippen molar-refractivity contribution in [3.63, 3.8) is 0 Å². The van der Waals surface area contributed by atoms with Crippen LogP contribution in [0.3, 0.4) is 0 Å². The third-order valence-electron chi connectivity index (χ3n) is 5.10. The Morgan fingerprint density at radius 1 is 1.12 bits per heavy atom. The Bertz CT molecular complexity index is 961. The van der Waals surface area contributed by atoms with Crippen molar-refractivity contribution in [2.45, 2.75) is 26.7 Å². The maximum Gasteiger partial charge on any atom is 0.258 e. The number of pyridine rings is 1. The minimum absolute atomic E-state index is 0.00148. The summed E-state index contributed by atoms with van der Waals surface area (Å²) in [4.78, 5) is 23.7. The minimum Gasteiger partial charge on any atom is -0.306 e. The number of halogens is 1. The molecule has 2 aliphatic rings. The number of amides is 1. The van der Waals surface area contributed by atoms with Gasteiger partial charge in [-0.05, 0) is 56.5 Å². The number of hydrogen-bond donors (Lipinski definition) is 0. The van der Waals surface area contributed by atoms with Crippen molar-refractivity contribution in [1.82, 2.24) is 4.98 Å². The second-order valence-electron chi connectivity index (χ2n) is 6.81. The summed E-state index contributed by atoms with van der Waals surface area (Å²) in [5.41, 5.74) is 7.09. The summed E-state index contributed by atoms with van der Waals surface area (Å²) in [5, 5.41) is 0.670. The fourth-order valence-corrected chi connectivity index (χ4v) is 3.97. The molecule has 0 saturated carbocycles. The molecule has 132 valence electrons. The first-order chi connectivity index (χ1) is 12.5. The molecule has 4 nitrogen and oxygen atoms in total. The van der Waals surface area contributed by atoms with E-state index >= 15 is 0 Å². The Morgan fingerprint density at radius 3 is 2.77 bits per heavy atom. The summed E-state index contributed by atoms with van der Waals surface area (Å²) in [7, 11) is 0. The fourth-order valence-electron chi connectivity index (χ4n) is 3.77. The van der Waals surface area contributed by atoms with Crippen LogP contribution in [0.1, 0.15) is 41.8 Å². The third-order valence-corrected chi connectivity index (χ3v) is 5.33. The summed E-state index contributed by atoms with van der Waals surface area (Å²) in [6.45, 7) is 5.66. The van der Waals surface area contributed by atoms with Crippen molar-refractivity contribution in [3.05, 3.63) is 63.9 Å². The minimum atomic E-state index is 0.00148. The number of aromatic nitrogens is 1. The first kappa shape index (κ1) is 17.0. The number of nitrogens with zero attached hydrogens (tertiary/aromatic N) is 3. The Labute approximate surface area is 158 Å². The lowest BCUT2D eigenvalue weighted by molar-refractivity contribution is 0.0980. The van der Waals surface area contributed by atoms with Gasteiger partial charge in [0, 0.05) is 46.7 Å². The van der Waals surface area contributed by atoms with E-state index < -0.39 is 0 Å². The lowest BCUT2D eigenvalue weighted by Gasteiger charge is -2.29. The maximum atomic E-state index is 13.0. The molecule has 26 heavy (non-hydrogen) atoms. The quantitative estimate of drug-likeness (QED) is 0.782. The van der Waals surface area contributed by atoms with E-state index in [1.807, 2.05) is 25.3 Å². The van der Waals surface area contributed by atoms with Crippen molar-refractivity contribution >= 4 is 34.5 Å². The average molecular weight is 366 g/mol. The van der Waals surface area contributed by atoms with E-state index in [9.17, 15) is 4.79 Å². The zero-order valence-corrected chi connectivity index (χ0v) is 15.7. The van der Waals surface area contributed by atoms with Crippen LogP contribution in [0.2, 0.25) is 5.02 Å². The van der Waals surface area contributed by atoms with Crippen LogP contribution >= 0.6 is 11.6 Å². The van der Waals surface area contributed by atoms with Crippen LogP contribution in [0.4, 0.5) is 5.69 Å². The predicted octanol–water partition coefficient (Wildman–Crippen LogP) is 4.58. The first-order valence-corrected chi connectivity index (χ1v) is 9.19. The van der Waals surface area contributed by atoms with Gasteiger partial charge in [-0.3, -0.25) is 14.8 Å². The second kappa shape index (κ2) is 6.69. The number of fused-ring (bicyclic) bond motifs is 1. The molecular weight excluding hydrogens is 346 g/mol. The Balaban J connectivity index is 1.71. The van der Waals surface area contributed by atoms with Gasteiger partial charge >= 0.3 is 0 Å². The van der Waals surface area contributed by atoms with Gasteiger partial charge in [-0.2, -0.15) is 0 Å². The molecule has 2 aromatic rings. The van der Waals surface area contributed by atoms with Crippen LogP contribution in [0, 0.1) is 0 Å². The standard InChI is InChI=1S/C21H20ClN3O/c1-13-5-7-24-14(2)20(13)16-10-18(12-23-11-16)25-8-6-15-9-17(22)3-4-19(15)21(25)26/h3-4,9-12H,5-8H2,1-2H3. The van der Waals surface area contributed by atoms with E-state index in [4.69, 9.17) is 11.6 Å². The van der Waals surface area contributed by atoms with Crippen molar-refractivity contribution < 1.29 is 4.79 Å². The van der Waals surface area contributed by atoms with Crippen LogP contribution < -0.4 is 4.90 Å². The number of aliphatic imine (C=N–C) groups is 1. The highest BCUT2D eigenvalue weighted by atomic mass is 35.5. The number of carbonyl (C=O) groups is 1. The molecular formula is C21H20ClN3O. The van der Waals surface area contributed by atoms with Crippen LogP contribution in [0.15, 0.2) is 47.2 Å². The Hall–Kier alpha value is -2.46. The van der Waals surface area contributed by atoms with Gasteiger partial charge in [0.1, 0.15) is 0 Å². The first-order valence-electron chi connectivity index (χ1n) is 8.81. The van der Waals surface area contributed by atoms with Crippen LogP contribution in [-0.4, -0.2) is 29.7 Å². The van der Waals surface area contributed by atoms with Crippen LogP contribution in [0.5, 0.6) is 0 Å². The van der Waals surface area contributed by atoms with Crippen molar-refractivity contribution in [2.75, 3.05) is 18.0 Å². The largest absolute Gasteiger partial charge is 0.306 e. The molecule has 0 saturated heterocycles. The molecule has 5 heteroatoms. The number of allylic oxidation sites excluding steroid dienone is 1. The topological polar surface area (TPSA) is 45.6 Å². The second-order valence-corrected chi connectivity index (χ2v) is 7.25. The molecule has 0 bridgehead atoms. The van der Waals surface area contributed by atoms with E-state index in [2.05, 4.69) is 23.0 Å². The molecule has 1 aromatic carbocycles. The average Bonchev–Trinajstić information content (AvgIpc) is 2.62. The number of rotatable bonds is 2. The molecule has 1 amide bonds. The molecule has 0 fully saturated rings. The number of carbonyl (C=O) groups excluding carboxylic acids is 1. The molecule has 3 heterocycles. The summed E-state index contributed by atoms with van der Waals surface area (Å²) < 4.78 is 0. The maximum absolute atomic E-state index is 13.0. The van der Waals surface area contributed by atoms with Gasteiger partial charge in [0.15, 0.2) is 0 Å². The smallest absolute Gasteiger partial charge is 0.258 e. The third kappa shape index (κ3) is 2.95. The van der Waals surface area contributed by atoms with Gasteiger partial charge in [-0.1, -0.05) is 17.2 Å². The summed E-state index contributed by atoms with van der Waals surface area (Å²) in [5.74, 6) is 0.00148. The van der Waals surface area contributed by atoms with Crippen molar-refractivity contribution in [2.24, 2.45) is 4.99 Å². The van der Waals surface area contributed by atoms with Gasteiger partial charge in [0.25, 0.3) is 5.91 Å². The highest BCUT2D eigenvalue weighted by molar-refractivity contribution is 6.30. The van der Waals surface area contributed by atoms with Gasteiger partial charge in [0.05, 0.1) is 11.9 Å². The van der Waals surface area contributed by atoms with E-state index in [1.165, 1.54) is 5.57 Å². The molecule has 0 spiro atoms. The van der Waals surface area contributed by atoms with Gasteiger partial charge in [0.2, 0.25) is 0 Å². The predicted molar refractivity (Wildman–Crippen MR) is 106 cm³/mol. The molecule has 0 aliphatic carbocycles. The summed E-state index contributed by atoms with van der Waals surface area (Å²) in [6.07, 6.45) is 5.37. The zero-order valence-electron chi connectivity index (χ0n) is 14.9. The van der Waals surface area contributed by atoms with Crippen LogP contribution in [-0.2, 0) is 6.42 Å². The van der Waals surface area contributed by atoms with E-state index in [0.29, 0.717) is 11.6 Å². The van der Waals surface area contributed by atoms with Gasteiger partial charge in [-0.25, -0.2) is 0 Å². The highest BCUT2D eigenvalue weighted by Gasteiger charge is 2.26. The molecule has 0 radical (unpaired) electrons. The highest BCUT2D eigenvalue weighted by Crippen LogP contribution is 2.30. The van der Waals surface area contributed by atoms with Crippen molar-refractivity contribution in [3.8, 4) is 0 Å².